The van der Waals surface area contributed by atoms with Gasteiger partial charge in [0, 0.05) is 33.5 Å². The molecule has 2 heteroatoms. The minimum absolute atomic E-state index is 1.08. The lowest BCUT2D eigenvalue weighted by atomic mass is 9.92. The van der Waals surface area contributed by atoms with Crippen molar-refractivity contribution in [1.82, 2.24) is 4.57 Å². The Labute approximate surface area is 373 Å². The first-order chi connectivity index (χ1) is 31.7. The Hall–Kier alpha value is -8.46. The quantitative estimate of drug-likeness (QED) is 0.148. The Balaban J connectivity index is 1.03. The van der Waals surface area contributed by atoms with Crippen LogP contribution < -0.4 is 4.90 Å². The molecule has 64 heavy (non-hydrogen) atoms. The van der Waals surface area contributed by atoms with Gasteiger partial charge in [0.25, 0.3) is 0 Å². The first kappa shape index (κ1) is 37.3. The molecule has 0 N–H and O–H groups in total. The zero-order valence-corrected chi connectivity index (χ0v) is 35.1. The standard InChI is InChI=1S/C62H42N2/c1-3-17-45(18-4-1)55-25-11-12-26-56(55)46-34-38-53(39-35-46)63(52-36-32-44(33-37-52)48-31-30-43-16-7-8-19-47(43)40-48)54-24-15-21-50(41-54)61-57-27-10-9-20-49(57)42-60-62(61)58-28-13-14-29-59(58)64(60)51-22-5-2-6-23-51/h1-42H. The van der Waals surface area contributed by atoms with Crippen molar-refractivity contribution in [3.05, 3.63) is 255 Å². The van der Waals surface area contributed by atoms with E-state index in [1.807, 2.05) is 0 Å². The molecule has 0 bridgehead atoms. The van der Waals surface area contributed by atoms with E-state index in [9.17, 15) is 0 Å². The van der Waals surface area contributed by atoms with Gasteiger partial charge in [-0.25, -0.2) is 0 Å². The predicted octanol–water partition coefficient (Wildman–Crippen LogP) is 17.2. The van der Waals surface area contributed by atoms with Gasteiger partial charge >= 0.3 is 0 Å². The maximum Gasteiger partial charge on any atom is 0.0553 e. The summed E-state index contributed by atoms with van der Waals surface area (Å²) in [6.07, 6.45) is 0. The van der Waals surface area contributed by atoms with E-state index >= 15 is 0 Å². The second-order valence-electron chi connectivity index (χ2n) is 16.5. The molecule has 0 atom stereocenters. The van der Waals surface area contributed by atoms with Gasteiger partial charge in [-0.05, 0) is 133 Å². The summed E-state index contributed by atoms with van der Waals surface area (Å²) < 4.78 is 2.42. The molecule has 0 saturated heterocycles. The first-order valence-electron chi connectivity index (χ1n) is 22.0. The van der Waals surface area contributed by atoms with Crippen molar-refractivity contribution >= 4 is 60.4 Å². The highest BCUT2D eigenvalue weighted by molar-refractivity contribution is 6.23. The molecule has 2 nitrogen and oxygen atoms in total. The summed E-state index contributed by atoms with van der Waals surface area (Å²) in [7, 11) is 0. The number of aromatic nitrogens is 1. The van der Waals surface area contributed by atoms with E-state index in [1.54, 1.807) is 0 Å². The van der Waals surface area contributed by atoms with E-state index in [4.69, 9.17) is 0 Å². The van der Waals surface area contributed by atoms with Gasteiger partial charge < -0.3 is 9.47 Å². The molecule has 0 unspecified atom stereocenters. The summed E-state index contributed by atoms with van der Waals surface area (Å²) in [6.45, 7) is 0. The lowest BCUT2D eigenvalue weighted by Gasteiger charge is -2.27. The Kier molecular flexibility index (Phi) is 9.20. The van der Waals surface area contributed by atoms with Crippen molar-refractivity contribution in [3.63, 3.8) is 0 Å². The van der Waals surface area contributed by atoms with Gasteiger partial charge in [0.15, 0.2) is 0 Å². The van der Waals surface area contributed by atoms with Gasteiger partial charge in [0.2, 0.25) is 0 Å². The van der Waals surface area contributed by atoms with Crippen LogP contribution in [-0.2, 0) is 0 Å². The molecule has 0 aliphatic heterocycles. The van der Waals surface area contributed by atoms with Gasteiger partial charge in [-0.2, -0.15) is 0 Å². The molecule has 0 spiro atoms. The summed E-state index contributed by atoms with van der Waals surface area (Å²) >= 11 is 0. The fourth-order valence-electron chi connectivity index (χ4n) is 9.76. The zero-order valence-electron chi connectivity index (χ0n) is 35.1. The Morgan fingerprint density at radius 1 is 0.281 bits per heavy atom. The molecule has 0 amide bonds. The average molecular weight is 815 g/mol. The molecule has 0 aliphatic carbocycles. The van der Waals surface area contributed by atoms with Crippen LogP contribution in [0.3, 0.4) is 0 Å². The topological polar surface area (TPSA) is 8.17 Å². The third-order valence-electron chi connectivity index (χ3n) is 12.7. The minimum atomic E-state index is 1.08. The van der Waals surface area contributed by atoms with Crippen molar-refractivity contribution in [1.29, 1.82) is 0 Å². The Morgan fingerprint density at radius 3 is 1.56 bits per heavy atom. The average Bonchev–Trinajstić information content (AvgIpc) is 3.70. The molecule has 0 radical (unpaired) electrons. The van der Waals surface area contributed by atoms with E-state index < -0.39 is 0 Å². The van der Waals surface area contributed by atoms with E-state index in [0.717, 1.165) is 22.7 Å². The van der Waals surface area contributed by atoms with Gasteiger partial charge in [-0.15, -0.1) is 0 Å². The highest BCUT2D eigenvalue weighted by Gasteiger charge is 2.21. The van der Waals surface area contributed by atoms with Crippen LogP contribution in [0.5, 0.6) is 0 Å². The summed E-state index contributed by atoms with van der Waals surface area (Å²) in [5.74, 6) is 0. The third kappa shape index (κ3) is 6.52. The highest BCUT2D eigenvalue weighted by Crippen LogP contribution is 2.45. The minimum Gasteiger partial charge on any atom is -0.310 e. The summed E-state index contributed by atoms with van der Waals surface area (Å²) in [6, 6.07) is 92.7. The van der Waals surface area contributed by atoms with Crippen molar-refractivity contribution < 1.29 is 0 Å². The first-order valence-corrected chi connectivity index (χ1v) is 22.0. The monoisotopic (exact) mass is 814 g/mol. The molecule has 300 valence electrons. The Morgan fingerprint density at radius 2 is 0.828 bits per heavy atom. The van der Waals surface area contributed by atoms with Gasteiger partial charge in [0.05, 0.1) is 11.0 Å². The second kappa shape index (κ2) is 15.8. The normalized spacial score (nSPS) is 11.4. The van der Waals surface area contributed by atoms with E-state index in [1.165, 1.54) is 87.9 Å². The molecule has 1 heterocycles. The van der Waals surface area contributed by atoms with Crippen LogP contribution in [-0.4, -0.2) is 4.57 Å². The van der Waals surface area contributed by atoms with Gasteiger partial charge in [-0.1, -0.05) is 188 Å². The molecule has 12 rings (SSSR count). The van der Waals surface area contributed by atoms with Crippen LogP contribution in [0.1, 0.15) is 0 Å². The second-order valence-corrected chi connectivity index (χ2v) is 16.5. The zero-order chi connectivity index (χ0) is 42.4. The molecule has 0 fully saturated rings. The van der Waals surface area contributed by atoms with E-state index in [2.05, 4.69) is 264 Å². The van der Waals surface area contributed by atoms with Crippen molar-refractivity contribution in [2.45, 2.75) is 0 Å². The number of anilines is 3. The van der Waals surface area contributed by atoms with Crippen LogP contribution in [0.2, 0.25) is 0 Å². The highest BCUT2D eigenvalue weighted by atomic mass is 15.1. The summed E-state index contributed by atoms with van der Waals surface area (Å²) in [5, 5.41) is 7.42. The number of nitrogens with zero attached hydrogens (tertiary/aromatic N) is 2. The number of hydrogen-bond acceptors (Lipinski definition) is 1. The lowest BCUT2D eigenvalue weighted by Crippen LogP contribution is -2.10. The molecule has 0 saturated carbocycles. The SMILES string of the molecule is c1ccc(-c2ccccc2-c2ccc(N(c3ccc(-c4ccc5ccccc5c4)cc3)c3cccc(-c4c5ccccc5cc5c4c4ccccc4n5-c4ccccc4)c3)cc2)cc1. The number of rotatable bonds is 8. The number of benzene rings is 11. The molecule has 1 aromatic heterocycles. The Bertz CT molecular complexity index is 3640. The fourth-order valence-corrected chi connectivity index (χ4v) is 9.76. The number of para-hydroxylation sites is 2. The van der Waals surface area contributed by atoms with Crippen molar-refractivity contribution in [2.24, 2.45) is 0 Å². The maximum absolute atomic E-state index is 2.42. The molecular weight excluding hydrogens is 773 g/mol. The largest absolute Gasteiger partial charge is 0.310 e. The summed E-state index contributed by atoms with van der Waals surface area (Å²) in [5.41, 5.74) is 16.4. The lowest BCUT2D eigenvalue weighted by molar-refractivity contribution is 1.18. The molecule has 0 aliphatic rings. The van der Waals surface area contributed by atoms with Crippen molar-refractivity contribution in [2.75, 3.05) is 4.90 Å². The van der Waals surface area contributed by atoms with Crippen LogP contribution in [0, 0.1) is 0 Å². The molecule has 12 aromatic rings. The van der Waals surface area contributed by atoms with Crippen molar-refractivity contribution in [3.8, 4) is 50.2 Å². The predicted molar refractivity (Wildman–Crippen MR) is 272 cm³/mol. The van der Waals surface area contributed by atoms with Crippen LogP contribution >= 0.6 is 0 Å². The maximum atomic E-state index is 2.42. The smallest absolute Gasteiger partial charge is 0.0553 e. The molecular formula is C62H42N2. The molecule has 11 aromatic carbocycles. The number of hydrogen-bond donors (Lipinski definition) is 0. The fraction of sp³-hybridized carbons (Fsp3) is 0. The van der Waals surface area contributed by atoms with Crippen LogP contribution in [0.4, 0.5) is 17.1 Å². The van der Waals surface area contributed by atoms with Crippen LogP contribution in [0.25, 0.3) is 93.5 Å². The van der Waals surface area contributed by atoms with Gasteiger partial charge in [0.1, 0.15) is 0 Å². The van der Waals surface area contributed by atoms with E-state index in [0.29, 0.717) is 0 Å². The van der Waals surface area contributed by atoms with Crippen LogP contribution in [0.15, 0.2) is 255 Å². The number of fused-ring (bicyclic) bond motifs is 5. The van der Waals surface area contributed by atoms with E-state index in [-0.39, 0.29) is 0 Å². The van der Waals surface area contributed by atoms with Gasteiger partial charge in [-0.3, -0.25) is 0 Å². The summed E-state index contributed by atoms with van der Waals surface area (Å²) in [4.78, 5) is 2.40. The third-order valence-corrected chi connectivity index (χ3v) is 12.7.